The fraction of sp³-hybridized carbons (Fsp3) is 0.316. The zero-order valence-electron chi connectivity index (χ0n) is 15.8. The van der Waals surface area contributed by atoms with Gasteiger partial charge in [-0.1, -0.05) is 30.1 Å². The van der Waals surface area contributed by atoms with E-state index in [4.69, 9.17) is 27.6 Å². The molecule has 1 aromatic carbocycles. The summed E-state index contributed by atoms with van der Waals surface area (Å²) >= 11 is 11.9. The maximum Gasteiger partial charge on any atom is 0.321 e. The van der Waals surface area contributed by atoms with Gasteiger partial charge in [-0.25, -0.2) is 4.79 Å². The number of imide groups is 1. The Morgan fingerprint density at radius 2 is 1.86 bits per heavy atom. The van der Waals surface area contributed by atoms with Gasteiger partial charge in [-0.05, 0) is 43.3 Å². The van der Waals surface area contributed by atoms with Crippen LogP contribution in [-0.4, -0.2) is 42.4 Å². The number of halogens is 2. The summed E-state index contributed by atoms with van der Waals surface area (Å²) < 4.78 is 5.10. The van der Waals surface area contributed by atoms with Crippen molar-refractivity contribution >= 4 is 46.7 Å². The molecule has 0 spiro atoms. The summed E-state index contributed by atoms with van der Waals surface area (Å²) in [6, 6.07) is 7.50. The molecule has 0 aliphatic carbocycles. The van der Waals surface area contributed by atoms with Crippen LogP contribution in [0.15, 0.2) is 41.0 Å². The van der Waals surface area contributed by atoms with E-state index in [1.807, 2.05) is 6.92 Å². The minimum atomic E-state index is -0.639. The lowest BCUT2D eigenvalue weighted by Gasteiger charge is -2.20. The normalized spacial score (nSPS) is 10.6. The topological polar surface area (TPSA) is 104 Å². The zero-order chi connectivity index (χ0) is 21.2. The molecule has 10 heteroatoms. The Kier molecular flexibility index (Phi) is 8.98. The number of hydrogen-bond donors (Lipinski definition) is 3. The molecule has 1 aromatic heterocycles. The number of nitrogens with one attached hydrogen (secondary N) is 3. The molecule has 0 aliphatic rings. The van der Waals surface area contributed by atoms with Crippen LogP contribution in [0.1, 0.15) is 19.1 Å². The van der Waals surface area contributed by atoms with Crippen molar-refractivity contribution in [1.29, 1.82) is 0 Å². The van der Waals surface area contributed by atoms with Crippen molar-refractivity contribution in [2.75, 3.05) is 25.0 Å². The summed E-state index contributed by atoms with van der Waals surface area (Å²) in [5, 5.41) is 8.21. The first-order valence-corrected chi connectivity index (χ1v) is 9.70. The average Bonchev–Trinajstić information content (AvgIpc) is 3.16. The minimum absolute atomic E-state index is 0.0335. The van der Waals surface area contributed by atoms with E-state index < -0.39 is 11.9 Å². The van der Waals surface area contributed by atoms with Gasteiger partial charge in [-0.2, -0.15) is 0 Å². The molecule has 0 atom stereocenters. The van der Waals surface area contributed by atoms with Gasteiger partial charge in [-0.15, -0.1) is 0 Å². The molecular formula is C19H22Cl2N4O4. The average molecular weight is 441 g/mol. The number of carbonyl (C=O) groups is 3. The van der Waals surface area contributed by atoms with Crippen molar-refractivity contribution in [3.63, 3.8) is 0 Å². The molecule has 2 aromatic rings. The Bertz CT molecular complexity index is 843. The molecule has 0 aliphatic heterocycles. The summed E-state index contributed by atoms with van der Waals surface area (Å²) in [5.74, 6) is -0.289. The molecule has 0 saturated heterocycles. The summed E-state index contributed by atoms with van der Waals surface area (Å²) in [7, 11) is 0. The number of amides is 4. The summed E-state index contributed by atoms with van der Waals surface area (Å²) in [4.78, 5) is 37.9. The highest BCUT2D eigenvalue weighted by atomic mass is 35.5. The van der Waals surface area contributed by atoms with Gasteiger partial charge in [0.1, 0.15) is 5.76 Å². The molecule has 1 heterocycles. The molecule has 8 nitrogen and oxygen atoms in total. The third kappa shape index (κ3) is 8.15. The van der Waals surface area contributed by atoms with Gasteiger partial charge >= 0.3 is 6.03 Å². The van der Waals surface area contributed by atoms with Crippen molar-refractivity contribution in [2.45, 2.75) is 19.9 Å². The highest BCUT2D eigenvalue weighted by Gasteiger charge is 2.16. The summed E-state index contributed by atoms with van der Waals surface area (Å²) in [5.41, 5.74) is 0.430. The molecule has 29 heavy (non-hydrogen) atoms. The Balaban J connectivity index is 1.82. The van der Waals surface area contributed by atoms with Gasteiger partial charge in [0.05, 0.1) is 36.6 Å². The van der Waals surface area contributed by atoms with Crippen LogP contribution in [0.4, 0.5) is 10.5 Å². The van der Waals surface area contributed by atoms with Crippen LogP contribution in [0.5, 0.6) is 0 Å². The Labute approximate surface area is 178 Å². The number of benzene rings is 1. The number of anilines is 1. The van der Waals surface area contributed by atoms with E-state index in [1.54, 1.807) is 29.2 Å². The number of rotatable bonds is 9. The first-order valence-electron chi connectivity index (χ1n) is 8.94. The van der Waals surface area contributed by atoms with E-state index in [9.17, 15) is 14.4 Å². The second kappa shape index (κ2) is 11.5. The second-order valence-electron chi connectivity index (χ2n) is 6.19. The third-order valence-corrected chi connectivity index (χ3v) is 4.28. The molecule has 156 valence electrons. The smallest absolute Gasteiger partial charge is 0.321 e. The van der Waals surface area contributed by atoms with Gasteiger partial charge in [0.25, 0.3) is 0 Å². The molecule has 0 unspecified atom stereocenters. The van der Waals surface area contributed by atoms with E-state index in [2.05, 4.69) is 16.0 Å². The lowest BCUT2D eigenvalue weighted by Crippen LogP contribution is -2.46. The van der Waals surface area contributed by atoms with Crippen LogP contribution in [0.25, 0.3) is 0 Å². The molecular weight excluding hydrogens is 419 g/mol. The molecule has 0 fully saturated rings. The zero-order valence-corrected chi connectivity index (χ0v) is 17.3. The van der Waals surface area contributed by atoms with Gasteiger partial charge in [0, 0.05) is 5.02 Å². The number of urea groups is 1. The largest absolute Gasteiger partial charge is 0.467 e. The first-order chi connectivity index (χ1) is 13.9. The molecule has 0 saturated carbocycles. The van der Waals surface area contributed by atoms with Crippen LogP contribution in [0.2, 0.25) is 10.0 Å². The fourth-order valence-electron chi connectivity index (χ4n) is 2.51. The van der Waals surface area contributed by atoms with E-state index >= 15 is 0 Å². The maximum absolute atomic E-state index is 12.3. The van der Waals surface area contributed by atoms with Crippen LogP contribution < -0.4 is 16.0 Å². The number of nitrogens with zero attached hydrogens (tertiary/aromatic N) is 1. The standard InChI is InChI=1S/C19H22Cl2N4O4/c1-2-7-25(11-17(26)23-16-6-5-13(20)9-15(16)21)12-18(27)24-19(28)22-10-14-4-3-8-29-14/h3-6,8-9H,2,7,10-12H2,1H3,(H,23,26)(H2,22,24,27,28). The Morgan fingerprint density at radius 3 is 2.52 bits per heavy atom. The second-order valence-corrected chi connectivity index (χ2v) is 7.04. The van der Waals surface area contributed by atoms with Crippen molar-refractivity contribution in [3.05, 3.63) is 52.4 Å². The van der Waals surface area contributed by atoms with E-state index in [1.165, 1.54) is 12.3 Å². The van der Waals surface area contributed by atoms with Gasteiger partial charge in [0.15, 0.2) is 0 Å². The van der Waals surface area contributed by atoms with Crippen molar-refractivity contribution in [2.24, 2.45) is 0 Å². The predicted octanol–water partition coefficient (Wildman–Crippen LogP) is 3.26. The first kappa shape index (κ1) is 22.7. The fourth-order valence-corrected chi connectivity index (χ4v) is 2.96. The van der Waals surface area contributed by atoms with E-state index in [0.29, 0.717) is 28.0 Å². The lowest BCUT2D eigenvalue weighted by atomic mass is 10.3. The van der Waals surface area contributed by atoms with Gasteiger partial charge < -0.3 is 15.1 Å². The molecule has 2 rings (SSSR count). The lowest BCUT2D eigenvalue weighted by molar-refractivity contribution is -0.122. The Morgan fingerprint density at radius 1 is 1.10 bits per heavy atom. The Hall–Kier alpha value is -2.55. The van der Waals surface area contributed by atoms with Gasteiger partial charge in [-0.3, -0.25) is 19.8 Å². The molecule has 4 amide bonds. The summed E-state index contributed by atoms with van der Waals surface area (Å²) in [6.45, 7) is 2.45. The quantitative estimate of drug-likeness (QED) is 0.554. The highest BCUT2D eigenvalue weighted by Crippen LogP contribution is 2.25. The van der Waals surface area contributed by atoms with Crippen LogP contribution in [0, 0.1) is 0 Å². The van der Waals surface area contributed by atoms with E-state index in [-0.39, 0.29) is 25.5 Å². The minimum Gasteiger partial charge on any atom is -0.467 e. The predicted molar refractivity (Wildman–Crippen MR) is 111 cm³/mol. The van der Waals surface area contributed by atoms with Crippen LogP contribution in [-0.2, 0) is 16.1 Å². The number of carbonyl (C=O) groups excluding carboxylic acids is 3. The van der Waals surface area contributed by atoms with Crippen molar-refractivity contribution in [1.82, 2.24) is 15.5 Å². The van der Waals surface area contributed by atoms with Crippen LogP contribution >= 0.6 is 23.2 Å². The van der Waals surface area contributed by atoms with Crippen molar-refractivity contribution in [3.8, 4) is 0 Å². The molecule has 3 N–H and O–H groups in total. The number of hydrogen-bond acceptors (Lipinski definition) is 5. The van der Waals surface area contributed by atoms with E-state index in [0.717, 1.165) is 6.42 Å². The summed E-state index contributed by atoms with van der Waals surface area (Å²) in [6.07, 6.45) is 2.22. The van der Waals surface area contributed by atoms with Gasteiger partial charge in [0.2, 0.25) is 11.8 Å². The van der Waals surface area contributed by atoms with Crippen LogP contribution in [0.3, 0.4) is 0 Å². The number of furan rings is 1. The van der Waals surface area contributed by atoms with Crippen molar-refractivity contribution < 1.29 is 18.8 Å². The molecule has 0 bridgehead atoms. The SMILES string of the molecule is CCCN(CC(=O)NC(=O)NCc1ccco1)CC(=O)Nc1ccc(Cl)cc1Cl. The monoisotopic (exact) mass is 440 g/mol. The molecule has 0 radical (unpaired) electrons. The highest BCUT2D eigenvalue weighted by molar-refractivity contribution is 6.36. The maximum atomic E-state index is 12.3. The third-order valence-electron chi connectivity index (χ3n) is 3.74.